The Bertz CT molecular complexity index is 1140. The normalized spacial score (nSPS) is 21.2. The molecule has 2 N–H and O–H groups in total. The van der Waals surface area contributed by atoms with E-state index in [1.54, 1.807) is 19.5 Å². The van der Waals surface area contributed by atoms with E-state index in [-0.39, 0.29) is 12.0 Å². The number of aromatic nitrogens is 4. The number of methoxy groups -OCH3 is 1. The number of aliphatic carboxylic acids is 1. The van der Waals surface area contributed by atoms with Crippen molar-refractivity contribution in [3.8, 4) is 5.75 Å². The topological polar surface area (TPSA) is 105 Å². The number of ether oxygens (including phenoxy) is 1. The molecule has 1 aliphatic heterocycles. The molecule has 1 aliphatic carbocycles. The van der Waals surface area contributed by atoms with Gasteiger partial charge >= 0.3 is 5.97 Å². The van der Waals surface area contributed by atoms with E-state index >= 15 is 0 Å². The van der Waals surface area contributed by atoms with Crippen molar-refractivity contribution < 1.29 is 14.6 Å². The molecule has 2 atom stereocenters. The van der Waals surface area contributed by atoms with Gasteiger partial charge in [-0.05, 0) is 56.0 Å². The molecule has 0 radical (unpaired) electrons. The van der Waals surface area contributed by atoms with Crippen LogP contribution >= 0.6 is 0 Å². The van der Waals surface area contributed by atoms with Crippen LogP contribution in [-0.4, -0.2) is 56.4 Å². The Kier molecular flexibility index (Phi) is 4.97. The zero-order valence-electron chi connectivity index (χ0n) is 17.7. The molecule has 9 nitrogen and oxygen atoms in total. The third-order valence-electron chi connectivity index (χ3n) is 6.41. The third-order valence-corrected chi connectivity index (χ3v) is 6.41. The highest BCUT2D eigenvalue weighted by Crippen LogP contribution is 2.36. The van der Waals surface area contributed by atoms with Gasteiger partial charge in [-0.1, -0.05) is 0 Å². The number of benzene rings is 1. The van der Waals surface area contributed by atoms with E-state index in [9.17, 15) is 9.90 Å². The molecule has 1 fully saturated rings. The second-order valence-electron chi connectivity index (χ2n) is 8.50. The summed E-state index contributed by atoms with van der Waals surface area (Å²) in [4.78, 5) is 22.8. The SMILES string of the molecule is COc1cc2c(cc1Nc1ncc3cnn(C4CCC(C(=O)O)C4)c3n1)CN(C)CC2. The van der Waals surface area contributed by atoms with E-state index < -0.39 is 5.97 Å². The number of hydrogen-bond donors (Lipinski definition) is 2. The highest BCUT2D eigenvalue weighted by molar-refractivity contribution is 5.76. The molecular weight excluding hydrogens is 396 g/mol. The second-order valence-corrected chi connectivity index (χ2v) is 8.50. The van der Waals surface area contributed by atoms with E-state index in [2.05, 4.69) is 39.5 Å². The van der Waals surface area contributed by atoms with Crippen molar-refractivity contribution in [1.29, 1.82) is 0 Å². The Morgan fingerprint density at radius 2 is 2.13 bits per heavy atom. The van der Waals surface area contributed by atoms with Crippen LogP contribution in [0.15, 0.2) is 24.5 Å². The first-order valence-corrected chi connectivity index (χ1v) is 10.6. The lowest BCUT2D eigenvalue weighted by molar-refractivity contribution is -0.141. The highest BCUT2D eigenvalue weighted by atomic mass is 16.5. The molecule has 0 bridgehead atoms. The molecule has 3 heterocycles. The van der Waals surface area contributed by atoms with Crippen LogP contribution in [0.25, 0.3) is 11.0 Å². The van der Waals surface area contributed by atoms with E-state index in [1.165, 1.54) is 11.1 Å². The van der Waals surface area contributed by atoms with Crippen molar-refractivity contribution in [2.24, 2.45) is 5.92 Å². The standard InChI is InChI=1S/C22H26N6O3/c1-27-6-5-13-9-19(31-2)18(8-15(13)12-27)25-22-23-10-16-11-24-28(20(16)26-22)17-4-3-14(7-17)21(29)30/h8-11,14,17H,3-7,12H2,1-2H3,(H,29,30)(H,23,25,26). The first kappa shape index (κ1) is 19.7. The molecule has 1 aromatic carbocycles. The molecule has 162 valence electrons. The van der Waals surface area contributed by atoms with E-state index in [0.717, 1.165) is 42.8 Å². The van der Waals surface area contributed by atoms with Crippen LogP contribution in [0.5, 0.6) is 5.75 Å². The van der Waals surface area contributed by atoms with Crippen molar-refractivity contribution in [3.05, 3.63) is 35.7 Å². The lowest BCUT2D eigenvalue weighted by Crippen LogP contribution is -2.26. The second kappa shape index (κ2) is 7.81. The van der Waals surface area contributed by atoms with Crippen molar-refractivity contribution in [2.45, 2.75) is 38.3 Å². The van der Waals surface area contributed by atoms with Crippen molar-refractivity contribution >= 4 is 28.6 Å². The maximum absolute atomic E-state index is 11.3. The minimum atomic E-state index is -0.735. The predicted molar refractivity (Wildman–Crippen MR) is 116 cm³/mol. The number of hydrogen-bond acceptors (Lipinski definition) is 7. The fraction of sp³-hybridized carbons (Fsp3) is 0.455. The lowest BCUT2D eigenvalue weighted by Gasteiger charge is -2.26. The summed E-state index contributed by atoms with van der Waals surface area (Å²) in [5.41, 5.74) is 4.12. The van der Waals surface area contributed by atoms with Gasteiger partial charge in [-0.3, -0.25) is 4.79 Å². The summed E-state index contributed by atoms with van der Waals surface area (Å²) in [6, 6.07) is 4.25. The minimum Gasteiger partial charge on any atom is -0.495 e. The average molecular weight is 422 g/mol. The van der Waals surface area contributed by atoms with Crippen molar-refractivity contribution in [1.82, 2.24) is 24.6 Å². The smallest absolute Gasteiger partial charge is 0.306 e. The van der Waals surface area contributed by atoms with Gasteiger partial charge in [0.1, 0.15) is 5.75 Å². The van der Waals surface area contributed by atoms with Gasteiger partial charge in [-0.25, -0.2) is 9.67 Å². The Labute approximate surface area is 180 Å². The molecule has 0 spiro atoms. The van der Waals surface area contributed by atoms with Gasteiger partial charge in [0.2, 0.25) is 5.95 Å². The van der Waals surface area contributed by atoms with Gasteiger partial charge in [0, 0.05) is 19.3 Å². The van der Waals surface area contributed by atoms with Gasteiger partial charge in [0.15, 0.2) is 5.65 Å². The average Bonchev–Trinajstić information content (AvgIpc) is 3.40. The highest BCUT2D eigenvalue weighted by Gasteiger charge is 2.32. The fourth-order valence-electron chi connectivity index (χ4n) is 4.68. The molecule has 0 saturated heterocycles. The summed E-state index contributed by atoms with van der Waals surface area (Å²) >= 11 is 0. The number of carboxylic acids is 1. The largest absolute Gasteiger partial charge is 0.495 e. The lowest BCUT2D eigenvalue weighted by atomic mass is 9.99. The van der Waals surface area contributed by atoms with Crippen LogP contribution in [-0.2, 0) is 17.8 Å². The molecule has 2 aromatic heterocycles. The summed E-state index contributed by atoms with van der Waals surface area (Å²) in [7, 11) is 3.79. The Morgan fingerprint density at radius 1 is 1.26 bits per heavy atom. The van der Waals surface area contributed by atoms with E-state index in [4.69, 9.17) is 9.72 Å². The first-order valence-electron chi connectivity index (χ1n) is 10.6. The van der Waals surface area contributed by atoms with Crippen molar-refractivity contribution in [3.63, 3.8) is 0 Å². The first-order chi connectivity index (χ1) is 15.0. The zero-order chi connectivity index (χ0) is 21.5. The summed E-state index contributed by atoms with van der Waals surface area (Å²) in [6.45, 7) is 1.93. The molecule has 31 heavy (non-hydrogen) atoms. The van der Waals surface area contributed by atoms with Gasteiger partial charge in [0.25, 0.3) is 0 Å². The van der Waals surface area contributed by atoms with Crippen molar-refractivity contribution in [2.75, 3.05) is 26.0 Å². The van der Waals surface area contributed by atoms with Crippen LogP contribution in [0.1, 0.15) is 36.4 Å². The van der Waals surface area contributed by atoms with Gasteiger partial charge < -0.3 is 20.1 Å². The molecule has 2 aliphatic rings. The summed E-state index contributed by atoms with van der Waals surface area (Å²) in [6.07, 6.45) is 6.51. The van der Waals surface area contributed by atoms with Gasteiger partial charge in [-0.2, -0.15) is 10.1 Å². The number of anilines is 2. The Morgan fingerprint density at radius 3 is 2.90 bits per heavy atom. The molecule has 5 rings (SSSR count). The minimum absolute atomic E-state index is 0.0372. The van der Waals surface area contributed by atoms with Crippen LogP contribution in [0, 0.1) is 5.92 Å². The van der Waals surface area contributed by atoms with Crippen LogP contribution < -0.4 is 10.1 Å². The van der Waals surface area contributed by atoms with Gasteiger partial charge in [-0.15, -0.1) is 0 Å². The van der Waals surface area contributed by atoms with E-state index in [1.807, 2.05) is 4.68 Å². The molecule has 3 aromatic rings. The summed E-state index contributed by atoms with van der Waals surface area (Å²) in [5.74, 6) is 0.174. The zero-order valence-corrected chi connectivity index (χ0v) is 17.7. The van der Waals surface area contributed by atoms with E-state index in [0.29, 0.717) is 24.4 Å². The number of nitrogens with one attached hydrogen (secondary N) is 1. The Balaban J connectivity index is 1.45. The summed E-state index contributed by atoms with van der Waals surface area (Å²) in [5, 5.41) is 18.0. The molecule has 0 amide bonds. The number of rotatable bonds is 5. The molecular formula is C22H26N6O3. The fourth-order valence-corrected chi connectivity index (χ4v) is 4.68. The number of carboxylic acid groups (broad SMARTS) is 1. The molecule has 2 unspecified atom stereocenters. The van der Waals surface area contributed by atoms with Crippen LogP contribution in [0.4, 0.5) is 11.6 Å². The Hall–Kier alpha value is -3.20. The van der Waals surface area contributed by atoms with Gasteiger partial charge in [0.05, 0.1) is 36.3 Å². The number of nitrogens with zero attached hydrogens (tertiary/aromatic N) is 5. The van der Waals surface area contributed by atoms with Crippen LogP contribution in [0.3, 0.4) is 0 Å². The quantitative estimate of drug-likeness (QED) is 0.647. The predicted octanol–water partition coefficient (Wildman–Crippen LogP) is 2.99. The number of fused-ring (bicyclic) bond motifs is 2. The molecule has 9 heteroatoms. The molecule has 1 saturated carbocycles. The number of carbonyl (C=O) groups is 1. The number of likely N-dealkylation sites (N-methyl/N-ethyl adjacent to an activating group) is 1. The maximum Gasteiger partial charge on any atom is 0.306 e. The summed E-state index contributed by atoms with van der Waals surface area (Å²) < 4.78 is 7.47. The third kappa shape index (κ3) is 3.69. The monoisotopic (exact) mass is 422 g/mol. The maximum atomic E-state index is 11.3. The van der Waals surface area contributed by atoms with Crippen LogP contribution in [0.2, 0.25) is 0 Å².